The molecule has 278 valence electrons. The molecule has 3 aromatic carbocycles. The molecule has 2 fully saturated rings. The predicted molar refractivity (Wildman–Crippen MR) is 208 cm³/mol. The normalized spacial score (nSPS) is 16.9. The molecule has 3 aliphatic heterocycles. The van der Waals surface area contributed by atoms with Gasteiger partial charge in [-0.3, -0.25) is 9.59 Å². The van der Waals surface area contributed by atoms with E-state index in [4.69, 9.17) is 15.2 Å². The highest BCUT2D eigenvalue weighted by atomic mass is 16.5. The van der Waals surface area contributed by atoms with Gasteiger partial charge in [0.05, 0.1) is 34.5 Å². The van der Waals surface area contributed by atoms with Gasteiger partial charge in [-0.2, -0.15) is 0 Å². The van der Waals surface area contributed by atoms with Crippen LogP contribution in [0.3, 0.4) is 0 Å². The highest BCUT2D eigenvalue weighted by Crippen LogP contribution is 2.31. The topological polar surface area (TPSA) is 133 Å². The Labute approximate surface area is 309 Å². The quantitative estimate of drug-likeness (QED) is 0.227. The predicted octanol–water partition coefficient (Wildman–Crippen LogP) is 4.33. The fourth-order valence-electron chi connectivity index (χ4n) is 7.34. The van der Waals surface area contributed by atoms with Crippen molar-refractivity contribution in [1.82, 2.24) is 34.2 Å². The maximum absolute atomic E-state index is 12.4. The number of ether oxygens (including phenoxy) is 2. The minimum absolute atomic E-state index is 0.0261. The van der Waals surface area contributed by atoms with E-state index in [1.54, 1.807) is 12.5 Å². The van der Waals surface area contributed by atoms with Crippen LogP contribution >= 0.6 is 0 Å². The third-order valence-corrected chi connectivity index (χ3v) is 10.6. The summed E-state index contributed by atoms with van der Waals surface area (Å²) >= 11 is 0. The average molecular weight is 719 g/mol. The zero-order chi connectivity index (χ0) is 36.7. The molecule has 0 saturated carbocycles. The maximum Gasteiger partial charge on any atom is 0.269 e. The summed E-state index contributed by atoms with van der Waals surface area (Å²) in [4.78, 5) is 37.9. The number of piperidine rings is 2. The Bertz CT molecular complexity index is 2180. The highest BCUT2D eigenvalue weighted by Gasteiger charge is 2.20. The summed E-state index contributed by atoms with van der Waals surface area (Å²) in [6, 6.07) is 19.0. The van der Waals surface area contributed by atoms with Gasteiger partial charge in [0, 0.05) is 44.8 Å². The van der Waals surface area contributed by atoms with E-state index in [1.165, 1.54) is 18.0 Å². The standard InChI is InChI=1S/C25H28N4O3.C16H22N4O/c1-18-2-4-21-22(14-18)29(25(30)17-27-21)11-10-28-8-6-20(7-9-28)26-16-19-3-5-23-24(15-19)32-13-12-31-23;1-12-2-3-14-15(10-12)20(16(21)11-18-14)9-8-19-6-4-13(17)5-7-19/h2-5,12-15,17,20,26H,6-11,16H2,1H3;2-3,10-11,13H,4-9,17H2,1H3. The van der Waals surface area contributed by atoms with Gasteiger partial charge in [-0.15, -0.1) is 0 Å². The van der Waals surface area contributed by atoms with Gasteiger partial charge in [0.1, 0.15) is 12.5 Å². The van der Waals surface area contributed by atoms with Gasteiger partial charge in [-0.05, 0) is 119 Å². The van der Waals surface area contributed by atoms with Crippen molar-refractivity contribution in [1.29, 1.82) is 0 Å². The SMILES string of the molecule is Cc1ccc2ncc(=O)n(CCN3CCC(N)CC3)c2c1.Cc1ccc2ncc(=O)n(CCN3CCC(NCc4ccc5c(c4)OC=CO5)CC3)c2c1. The van der Waals surface area contributed by atoms with Crippen molar-refractivity contribution in [2.45, 2.75) is 71.2 Å². The minimum atomic E-state index is -0.0328. The van der Waals surface area contributed by atoms with E-state index in [-0.39, 0.29) is 11.1 Å². The first-order valence-corrected chi connectivity index (χ1v) is 18.8. The molecule has 2 aromatic heterocycles. The third kappa shape index (κ3) is 9.20. The molecule has 3 N–H and O–H groups in total. The fraction of sp³-hybridized carbons (Fsp3) is 0.415. The molecule has 0 bridgehead atoms. The Hall–Kier alpha value is -4.88. The summed E-state index contributed by atoms with van der Waals surface area (Å²) in [5.41, 5.74) is 12.9. The van der Waals surface area contributed by atoms with Crippen molar-refractivity contribution in [3.05, 3.63) is 117 Å². The van der Waals surface area contributed by atoms with E-state index in [0.717, 1.165) is 116 Å². The van der Waals surface area contributed by atoms with Crippen molar-refractivity contribution in [3.8, 4) is 11.5 Å². The third-order valence-electron chi connectivity index (χ3n) is 10.6. The number of nitrogens with one attached hydrogen (secondary N) is 1. The Morgan fingerprint density at radius 1 is 0.679 bits per heavy atom. The minimum Gasteiger partial charge on any atom is -0.458 e. The molecule has 0 aliphatic carbocycles. The van der Waals surface area contributed by atoms with Gasteiger partial charge < -0.3 is 39.5 Å². The van der Waals surface area contributed by atoms with Crippen LogP contribution in [-0.4, -0.2) is 80.3 Å². The number of benzene rings is 3. The molecular weight excluding hydrogens is 669 g/mol. The molecule has 0 radical (unpaired) electrons. The molecule has 5 aromatic rings. The lowest BCUT2D eigenvalue weighted by molar-refractivity contribution is 0.191. The van der Waals surface area contributed by atoms with Crippen LogP contribution in [-0.2, 0) is 19.6 Å². The second-order valence-electron chi connectivity index (χ2n) is 14.4. The van der Waals surface area contributed by atoms with Crippen LogP contribution < -0.4 is 31.6 Å². The molecule has 0 spiro atoms. The van der Waals surface area contributed by atoms with Crippen LogP contribution in [0, 0.1) is 13.8 Å². The van der Waals surface area contributed by atoms with Crippen molar-refractivity contribution >= 4 is 22.1 Å². The number of nitrogens with two attached hydrogens (primary N) is 1. The second kappa shape index (κ2) is 16.9. The summed E-state index contributed by atoms with van der Waals surface area (Å²) in [6.45, 7) is 12.1. The van der Waals surface area contributed by atoms with E-state index in [9.17, 15) is 9.59 Å². The maximum atomic E-state index is 12.4. The van der Waals surface area contributed by atoms with Crippen LogP contribution in [0.5, 0.6) is 11.5 Å². The smallest absolute Gasteiger partial charge is 0.269 e. The molecular formula is C41H50N8O4. The molecule has 0 unspecified atom stereocenters. The zero-order valence-electron chi connectivity index (χ0n) is 30.7. The van der Waals surface area contributed by atoms with Gasteiger partial charge >= 0.3 is 0 Å². The van der Waals surface area contributed by atoms with E-state index in [2.05, 4.69) is 31.2 Å². The molecule has 3 aliphatic rings. The summed E-state index contributed by atoms with van der Waals surface area (Å²) in [6.07, 6.45) is 10.2. The van der Waals surface area contributed by atoms with Crippen molar-refractivity contribution in [2.75, 3.05) is 39.3 Å². The fourth-order valence-corrected chi connectivity index (χ4v) is 7.34. The molecule has 0 atom stereocenters. The summed E-state index contributed by atoms with van der Waals surface area (Å²) in [5.74, 6) is 1.51. The molecule has 2 saturated heterocycles. The lowest BCUT2D eigenvalue weighted by Gasteiger charge is -2.32. The van der Waals surface area contributed by atoms with Gasteiger partial charge in [-0.1, -0.05) is 18.2 Å². The van der Waals surface area contributed by atoms with Crippen molar-refractivity contribution in [3.63, 3.8) is 0 Å². The summed E-state index contributed by atoms with van der Waals surface area (Å²) < 4.78 is 14.6. The Kier molecular flexibility index (Phi) is 11.6. The molecule has 53 heavy (non-hydrogen) atoms. The number of hydrogen-bond donors (Lipinski definition) is 2. The number of hydrogen-bond acceptors (Lipinski definition) is 10. The lowest BCUT2D eigenvalue weighted by atomic mass is 10.0. The molecule has 12 heteroatoms. The average Bonchev–Trinajstić information content (AvgIpc) is 3.17. The number of fused-ring (bicyclic) bond motifs is 3. The Morgan fingerprint density at radius 2 is 1.21 bits per heavy atom. The molecule has 5 heterocycles. The van der Waals surface area contributed by atoms with Crippen LogP contribution in [0.15, 0.2) is 89.1 Å². The molecule has 8 rings (SSSR count). The van der Waals surface area contributed by atoms with Crippen LogP contribution in [0.25, 0.3) is 22.1 Å². The number of aryl methyl sites for hydroxylation is 2. The first-order valence-electron chi connectivity index (χ1n) is 18.8. The monoisotopic (exact) mass is 718 g/mol. The number of aromatic nitrogens is 4. The van der Waals surface area contributed by atoms with Crippen LogP contribution in [0.1, 0.15) is 42.4 Å². The summed E-state index contributed by atoms with van der Waals surface area (Å²) in [5, 5.41) is 3.67. The lowest BCUT2D eigenvalue weighted by Crippen LogP contribution is -2.43. The van der Waals surface area contributed by atoms with E-state index in [1.807, 2.05) is 71.5 Å². The van der Waals surface area contributed by atoms with Gasteiger partial charge in [0.15, 0.2) is 11.5 Å². The Morgan fingerprint density at radius 3 is 1.77 bits per heavy atom. The van der Waals surface area contributed by atoms with Crippen molar-refractivity contribution < 1.29 is 9.47 Å². The number of nitrogens with zero attached hydrogens (tertiary/aromatic N) is 6. The van der Waals surface area contributed by atoms with Crippen LogP contribution in [0.4, 0.5) is 0 Å². The summed E-state index contributed by atoms with van der Waals surface area (Å²) in [7, 11) is 0. The van der Waals surface area contributed by atoms with E-state index in [0.29, 0.717) is 25.2 Å². The van der Waals surface area contributed by atoms with E-state index < -0.39 is 0 Å². The second-order valence-corrected chi connectivity index (χ2v) is 14.4. The molecule has 0 amide bonds. The first kappa shape index (κ1) is 36.5. The van der Waals surface area contributed by atoms with Crippen LogP contribution in [0.2, 0.25) is 0 Å². The zero-order valence-corrected chi connectivity index (χ0v) is 30.7. The molecule has 12 nitrogen and oxygen atoms in total. The van der Waals surface area contributed by atoms with Crippen molar-refractivity contribution in [2.24, 2.45) is 5.73 Å². The first-order chi connectivity index (χ1) is 25.8. The van der Waals surface area contributed by atoms with Gasteiger partial charge in [0.2, 0.25) is 0 Å². The van der Waals surface area contributed by atoms with Gasteiger partial charge in [-0.25, -0.2) is 9.97 Å². The van der Waals surface area contributed by atoms with Gasteiger partial charge in [0.25, 0.3) is 11.1 Å². The highest BCUT2D eigenvalue weighted by molar-refractivity contribution is 5.76. The number of likely N-dealkylation sites (tertiary alicyclic amines) is 2. The Balaban J connectivity index is 0.000000179. The number of rotatable bonds is 9. The largest absolute Gasteiger partial charge is 0.458 e. The van der Waals surface area contributed by atoms with E-state index >= 15 is 0 Å².